The summed E-state index contributed by atoms with van der Waals surface area (Å²) >= 11 is 6.00. The molecular weight excluding hydrogens is 208 g/mol. The van der Waals surface area contributed by atoms with E-state index in [9.17, 15) is 0 Å². The lowest BCUT2D eigenvalue weighted by Gasteiger charge is -2.09. The summed E-state index contributed by atoms with van der Waals surface area (Å²) in [4.78, 5) is 0. The van der Waals surface area contributed by atoms with E-state index in [-0.39, 0.29) is 5.56 Å². The summed E-state index contributed by atoms with van der Waals surface area (Å²) in [6.45, 7) is 5.16. The maximum absolute atomic E-state index is 6.00. The summed E-state index contributed by atoms with van der Waals surface area (Å²) in [6, 6.07) is 0. The molecule has 0 N–H and O–H groups in total. The number of halogens is 1. The van der Waals surface area contributed by atoms with Crippen LogP contribution in [0.5, 0.6) is 0 Å². The Balaban J connectivity index is 3.02. The maximum atomic E-state index is 6.00. The maximum Gasteiger partial charge on any atom is 0.131 e. The van der Waals surface area contributed by atoms with Gasteiger partial charge in [-0.1, -0.05) is 64.0 Å². The van der Waals surface area contributed by atoms with E-state index in [1.807, 2.05) is 0 Å². The molecule has 15 heavy (non-hydrogen) atoms. The van der Waals surface area contributed by atoms with Gasteiger partial charge in [-0.15, -0.1) is 0 Å². The number of ether oxygens (including phenoxy) is 1. The van der Waals surface area contributed by atoms with Gasteiger partial charge in [-0.3, -0.25) is 0 Å². The Kier molecular flexibility index (Phi) is 12.5. The van der Waals surface area contributed by atoms with Crippen LogP contribution in [-0.2, 0) is 4.74 Å². The van der Waals surface area contributed by atoms with E-state index in [4.69, 9.17) is 16.3 Å². The van der Waals surface area contributed by atoms with Crippen LogP contribution < -0.4 is 0 Å². The molecular formula is C13H27ClO. The average Bonchev–Trinajstić information content (AvgIpc) is 2.25. The molecule has 0 aliphatic heterocycles. The summed E-state index contributed by atoms with van der Waals surface area (Å²) in [6.07, 6.45) is 11.4. The molecule has 0 bridgehead atoms. The van der Waals surface area contributed by atoms with Crippen LogP contribution >= 0.6 is 11.6 Å². The van der Waals surface area contributed by atoms with Crippen molar-refractivity contribution in [3.8, 4) is 0 Å². The van der Waals surface area contributed by atoms with Crippen molar-refractivity contribution in [3.63, 3.8) is 0 Å². The minimum Gasteiger partial charge on any atom is -0.363 e. The van der Waals surface area contributed by atoms with Crippen molar-refractivity contribution in [2.24, 2.45) is 0 Å². The SMILES string of the molecule is CCCCCCCCCC(Cl)OCCC. The van der Waals surface area contributed by atoms with Gasteiger partial charge in [0.05, 0.1) is 0 Å². The molecule has 1 nitrogen and oxygen atoms in total. The molecule has 0 aliphatic rings. The predicted molar refractivity (Wildman–Crippen MR) is 68.5 cm³/mol. The fourth-order valence-corrected chi connectivity index (χ4v) is 1.83. The van der Waals surface area contributed by atoms with Gasteiger partial charge in [-0.25, -0.2) is 0 Å². The second-order valence-corrected chi connectivity index (χ2v) is 4.68. The van der Waals surface area contributed by atoms with E-state index in [1.54, 1.807) is 0 Å². The second kappa shape index (κ2) is 12.3. The Morgan fingerprint density at radius 3 is 2.07 bits per heavy atom. The van der Waals surface area contributed by atoms with Gasteiger partial charge in [-0.05, 0) is 19.3 Å². The first-order valence-corrected chi connectivity index (χ1v) is 7.00. The largest absolute Gasteiger partial charge is 0.363 e. The predicted octanol–water partition coefficient (Wildman–Crippen LogP) is 5.12. The third-order valence-corrected chi connectivity index (χ3v) is 2.88. The van der Waals surface area contributed by atoms with Gasteiger partial charge in [0.1, 0.15) is 5.56 Å². The molecule has 0 rings (SSSR count). The van der Waals surface area contributed by atoms with Gasteiger partial charge < -0.3 is 4.74 Å². The zero-order chi connectivity index (χ0) is 11.4. The van der Waals surface area contributed by atoms with Gasteiger partial charge in [0, 0.05) is 6.61 Å². The van der Waals surface area contributed by atoms with Crippen molar-refractivity contribution < 1.29 is 4.74 Å². The molecule has 1 atom stereocenters. The zero-order valence-corrected chi connectivity index (χ0v) is 11.2. The van der Waals surface area contributed by atoms with Crippen LogP contribution in [-0.4, -0.2) is 12.2 Å². The molecule has 0 spiro atoms. The quantitative estimate of drug-likeness (QED) is 0.356. The van der Waals surface area contributed by atoms with Crippen molar-refractivity contribution >= 4 is 11.6 Å². The van der Waals surface area contributed by atoms with Gasteiger partial charge in [-0.2, -0.15) is 0 Å². The third kappa shape index (κ3) is 12.2. The van der Waals surface area contributed by atoms with E-state index >= 15 is 0 Å². The molecule has 0 aromatic heterocycles. The topological polar surface area (TPSA) is 9.23 Å². The molecule has 0 heterocycles. The average molecular weight is 235 g/mol. The van der Waals surface area contributed by atoms with Crippen molar-refractivity contribution in [2.75, 3.05) is 6.61 Å². The minimum absolute atomic E-state index is 0.0550. The summed E-state index contributed by atoms with van der Waals surface area (Å²) in [7, 11) is 0. The molecule has 0 fully saturated rings. The van der Waals surface area contributed by atoms with Gasteiger partial charge in [0.25, 0.3) is 0 Å². The van der Waals surface area contributed by atoms with Gasteiger partial charge in [0.15, 0.2) is 0 Å². The second-order valence-electron chi connectivity index (χ2n) is 4.19. The van der Waals surface area contributed by atoms with Crippen LogP contribution in [0.3, 0.4) is 0 Å². The number of unbranched alkanes of at least 4 members (excludes halogenated alkanes) is 6. The summed E-state index contributed by atoms with van der Waals surface area (Å²) in [5.74, 6) is 0. The first-order chi connectivity index (χ1) is 7.31. The monoisotopic (exact) mass is 234 g/mol. The van der Waals surface area contributed by atoms with E-state index in [0.717, 1.165) is 19.4 Å². The molecule has 1 unspecified atom stereocenters. The van der Waals surface area contributed by atoms with E-state index in [2.05, 4.69) is 13.8 Å². The van der Waals surface area contributed by atoms with Crippen molar-refractivity contribution in [1.29, 1.82) is 0 Å². The summed E-state index contributed by atoms with van der Waals surface area (Å²) in [5, 5.41) is 0. The fourth-order valence-electron chi connectivity index (χ4n) is 1.59. The summed E-state index contributed by atoms with van der Waals surface area (Å²) in [5.41, 5.74) is -0.0550. The lowest BCUT2D eigenvalue weighted by molar-refractivity contribution is 0.100. The molecule has 0 amide bonds. The molecule has 0 saturated heterocycles. The Hall–Kier alpha value is 0.250. The summed E-state index contributed by atoms with van der Waals surface area (Å²) < 4.78 is 5.40. The fraction of sp³-hybridized carbons (Fsp3) is 1.00. The lowest BCUT2D eigenvalue weighted by Crippen LogP contribution is -2.05. The molecule has 2 heteroatoms. The molecule has 0 saturated carbocycles. The zero-order valence-electron chi connectivity index (χ0n) is 10.4. The van der Waals surface area contributed by atoms with E-state index < -0.39 is 0 Å². The first kappa shape index (κ1) is 15.2. The van der Waals surface area contributed by atoms with Crippen molar-refractivity contribution in [2.45, 2.75) is 77.2 Å². The molecule has 0 aliphatic carbocycles. The number of hydrogen-bond acceptors (Lipinski definition) is 1. The van der Waals surface area contributed by atoms with E-state index in [0.29, 0.717) is 0 Å². The van der Waals surface area contributed by atoms with E-state index in [1.165, 1.54) is 44.9 Å². The van der Waals surface area contributed by atoms with Crippen molar-refractivity contribution in [1.82, 2.24) is 0 Å². The highest BCUT2D eigenvalue weighted by Crippen LogP contribution is 2.13. The highest BCUT2D eigenvalue weighted by Gasteiger charge is 2.02. The molecule has 92 valence electrons. The van der Waals surface area contributed by atoms with Gasteiger partial charge >= 0.3 is 0 Å². The Bertz CT molecular complexity index is 117. The van der Waals surface area contributed by atoms with Crippen LogP contribution in [0, 0.1) is 0 Å². The molecule has 0 aromatic rings. The number of alkyl halides is 1. The van der Waals surface area contributed by atoms with Crippen LogP contribution in [0.15, 0.2) is 0 Å². The smallest absolute Gasteiger partial charge is 0.131 e. The Morgan fingerprint density at radius 2 is 1.47 bits per heavy atom. The van der Waals surface area contributed by atoms with Crippen LogP contribution in [0.4, 0.5) is 0 Å². The van der Waals surface area contributed by atoms with Crippen molar-refractivity contribution in [3.05, 3.63) is 0 Å². The Labute approximate surface area is 101 Å². The Morgan fingerprint density at radius 1 is 0.867 bits per heavy atom. The first-order valence-electron chi connectivity index (χ1n) is 6.57. The minimum atomic E-state index is -0.0550. The van der Waals surface area contributed by atoms with Crippen LogP contribution in [0.25, 0.3) is 0 Å². The van der Waals surface area contributed by atoms with Gasteiger partial charge in [0.2, 0.25) is 0 Å². The highest BCUT2D eigenvalue weighted by atomic mass is 35.5. The highest BCUT2D eigenvalue weighted by molar-refractivity contribution is 6.19. The van der Waals surface area contributed by atoms with Crippen LogP contribution in [0.1, 0.15) is 71.6 Å². The molecule has 0 radical (unpaired) electrons. The standard InChI is InChI=1S/C13H27ClO/c1-3-5-6-7-8-9-10-11-13(14)15-12-4-2/h13H,3-12H2,1-2H3. The third-order valence-electron chi connectivity index (χ3n) is 2.54. The van der Waals surface area contributed by atoms with Crippen LogP contribution in [0.2, 0.25) is 0 Å². The number of hydrogen-bond donors (Lipinski definition) is 0. The molecule has 0 aromatic carbocycles. The normalized spacial score (nSPS) is 13.0. The number of rotatable bonds is 11. The lowest BCUT2D eigenvalue weighted by atomic mass is 10.1.